The minimum absolute atomic E-state index is 0.113. The van der Waals surface area contributed by atoms with Crippen LogP contribution in [0.2, 0.25) is 0 Å². The van der Waals surface area contributed by atoms with E-state index in [4.69, 9.17) is 4.52 Å². The van der Waals surface area contributed by atoms with Crippen LogP contribution in [0.4, 0.5) is 0 Å². The SMILES string of the molecule is Cc1ccccc1-c1noc(C[C@H]2CCCN(C(=O)c3ncn[nH]3)C2)n1. The van der Waals surface area contributed by atoms with Gasteiger partial charge in [0.25, 0.3) is 5.91 Å². The third-order valence-corrected chi connectivity index (χ3v) is 4.74. The number of hydrogen-bond donors (Lipinski definition) is 1. The Bertz CT molecular complexity index is 889. The molecule has 4 rings (SSSR count). The standard InChI is InChI=1S/C18H20N6O2/c1-12-5-2-3-7-14(12)16-21-15(26-23-16)9-13-6-4-8-24(10-13)18(25)17-19-11-20-22-17/h2-3,5,7,11,13H,4,6,8-10H2,1H3,(H,19,20,22)/t13-/m1/s1. The number of piperidine rings is 1. The summed E-state index contributed by atoms with van der Waals surface area (Å²) in [6, 6.07) is 7.97. The van der Waals surface area contributed by atoms with Crippen LogP contribution < -0.4 is 0 Å². The molecule has 1 aliphatic rings. The minimum Gasteiger partial charge on any atom is -0.339 e. The largest absolute Gasteiger partial charge is 0.339 e. The number of aryl methyl sites for hydroxylation is 1. The summed E-state index contributed by atoms with van der Waals surface area (Å²) in [7, 11) is 0. The molecule has 0 radical (unpaired) electrons. The molecule has 0 aliphatic carbocycles. The molecule has 1 amide bonds. The van der Waals surface area contributed by atoms with Crippen LogP contribution in [0.3, 0.4) is 0 Å². The van der Waals surface area contributed by atoms with Crippen LogP contribution in [0.5, 0.6) is 0 Å². The van der Waals surface area contributed by atoms with Crippen molar-refractivity contribution in [2.24, 2.45) is 5.92 Å². The maximum absolute atomic E-state index is 12.4. The van der Waals surface area contributed by atoms with E-state index in [1.54, 1.807) is 0 Å². The van der Waals surface area contributed by atoms with Crippen molar-refractivity contribution < 1.29 is 9.32 Å². The van der Waals surface area contributed by atoms with E-state index in [0.29, 0.717) is 30.6 Å². The van der Waals surface area contributed by atoms with Gasteiger partial charge < -0.3 is 9.42 Å². The minimum atomic E-state index is -0.113. The molecule has 0 bridgehead atoms. The smallest absolute Gasteiger partial charge is 0.291 e. The Labute approximate surface area is 150 Å². The van der Waals surface area contributed by atoms with Gasteiger partial charge in [0.05, 0.1) is 0 Å². The van der Waals surface area contributed by atoms with Gasteiger partial charge in [-0.15, -0.1) is 0 Å². The zero-order valence-electron chi connectivity index (χ0n) is 14.6. The second-order valence-corrected chi connectivity index (χ2v) is 6.62. The van der Waals surface area contributed by atoms with E-state index in [1.807, 2.05) is 36.1 Å². The number of nitrogens with zero attached hydrogens (tertiary/aromatic N) is 5. The number of nitrogens with one attached hydrogen (secondary N) is 1. The molecular formula is C18H20N6O2. The summed E-state index contributed by atoms with van der Waals surface area (Å²) in [5.74, 6) is 1.69. The van der Waals surface area contributed by atoms with Crippen LogP contribution in [0.15, 0.2) is 35.1 Å². The normalized spacial score (nSPS) is 17.4. The molecule has 1 saturated heterocycles. The summed E-state index contributed by atoms with van der Waals surface area (Å²) in [5.41, 5.74) is 2.09. The lowest BCUT2D eigenvalue weighted by molar-refractivity contribution is 0.0656. The number of likely N-dealkylation sites (tertiary alicyclic amines) is 1. The molecule has 1 N–H and O–H groups in total. The van der Waals surface area contributed by atoms with Gasteiger partial charge in [-0.2, -0.15) is 10.1 Å². The highest BCUT2D eigenvalue weighted by Crippen LogP contribution is 2.24. The Balaban J connectivity index is 1.43. The van der Waals surface area contributed by atoms with Gasteiger partial charge in [-0.05, 0) is 31.2 Å². The predicted octanol–water partition coefficient (Wildman–Crippen LogP) is 2.26. The molecule has 3 heterocycles. The lowest BCUT2D eigenvalue weighted by atomic mass is 9.94. The maximum Gasteiger partial charge on any atom is 0.291 e. The Kier molecular flexibility index (Phi) is 4.47. The van der Waals surface area contributed by atoms with Gasteiger partial charge in [-0.3, -0.25) is 9.89 Å². The molecule has 134 valence electrons. The van der Waals surface area contributed by atoms with E-state index in [1.165, 1.54) is 6.33 Å². The lowest BCUT2D eigenvalue weighted by Crippen LogP contribution is -2.41. The van der Waals surface area contributed by atoms with E-state index < -0.39 is 0 Å². The number of amides is 1. The number of aromatic amines is 1. The van der Waals surface area contributed by atoms with E-state index in [9.17, 15) is 4.79 Å². The molecule has 26 heavy (non-hydrogen) atoms. The fourth-order valence-electron chi connectivity index (χ4n) is 3.39. The van der Waals surface area contributed by atoms with Crippen molar-refractivity contribution in [3.8, 4) is 11.4 Å². The topological polar surface area (TPSA) is 101 Å². The third kappa shape index (κ3) is 3.35. The highest BCUT2D eigenvalue weighted by molar-refractivity contribution is 5.90. The molecule has 0 unspecified atom stereocenters. The summed E-state index contributed by atoms with van der Waals surface area (Å²) in [6.07, 6.45) is 3.99. The van der Waals surface area contributed by atoms with Crippen LogP contribution in [0, 0.1) is 12.8 Å². The first-order valence-electron chi connectivity index (χ1n) is 8.74. The Morgan fingerprint density at radius 1 is 1.38 bits per heavy atom. The summed E-state index contributed by atoms with van der Waals surface area (Å²) in [6.45, 7) is 3.41. The van der Waals surface area contributed by atoms with Crippen LogP contribution in [0.1, 0.15) is 34.9 Å². The van der Waals surface area contributed by atoms with Crippen LogP contribution in [0.25, 0.3) is 11.4 Å². The van der Waals surface area contributed by atoms with Gasteiger partial charge in [-0.1, -0.05) is 29.4 Å². The quantitative estimate of drug-likeness (QED) is 0.773. The second-order valence-electron chi connectivity index (χ2n) is 6.62. The average Bonchev–Trinajstić information content (AvgIpc) is 3.34. The van der Waals surface area contributed by atoms with Gasteiger partial charge in [0, 0.05) is 25.1 Å². The zero-order chi connectivity index (χ0) is 17.9. The highest BCUT2D eigenvalue weighted by Gasteiger charge is 2.27. The molecule has 0 saturated carbocycles. The molecule has 0 spiro atoms. The number of benzene rings is 1. The first-order chi connectivity index (χ1) is 12.7. The fraction of sp³-hybridized carbons (Fsp3) is 0.389. The van der Waals surface area contributed by atoms with Crippen molar-refractivity contribution in [2.45, 2.75) is 26.2 Å². The molecule has 1 aromatic carbocycles. The van der Waals surface area contributed by atoms with E-state index in [2.05, 4.69) is 25.3 Å². The number of aromatic nitrogens is 5. The van der Waals surface area contributed by atoms with Gasteiger partial charge in [0.2, 0.25) is 17.5 Å². The molecule has 1 fully saturated rings. The summed E-state index contributed by atoms with van der Waals surface area (Å²) >= 11 is 0. The van der Waals surface area contributed by atoms with Crippen LogP contribution in [-0.2, 0) is 6.42 Å². The van der Waals surface area contributed by atoms with Crippen molar-refractivity contribution in [1.29, 1.82) is 0 Å². The third-order valence-electron chi connectivity index (χ3n) is 4.74. The Morgan fingerprint density at radius 2 is 2.27 bits per heavy atom. The van der Waals surface area contributed by atoms with Gasteiger partial charge in [0.1, 0.15) is 6.33 Å². The molecule has 2 aromatic heterocycles. The summed E-state index contributed by atoms with van der Waals surface area (Å²) < 4.78 is 5.45. The summed E-state index contributed by atoms with van der Waals surface area (Å²) in [5, 5.41) is 10.5. The number of hydrogen-bond acceptors (Lipinski definition) is 6. The number of carbonyl (C=O) groups excluding carboxylic acids is 1. The van der Waals surface area contributed by atoms with Gasteiger partial charge in [0.15, 0.2) is 0 Å². The molecule has 1 aliphatic heterocycles. The molecule has 8 nitrogen and oxygen atoms in total. The first kappa shape index (κ1) is 16.4. The molecule has 1 atom stereocenters. The number of H-pyrrole nitrogens is 1. The molecular weight excluding hydrogens is 332 g/mol. The highest BCUT2D eigenvalue weighted by atomic mass is 16.5. The summed E-state index contributed by atoms with van der Waals surface area (Å²) in [4.78, 5) is 22.7. The van der Waals surface area contributed by atoms with Crippen molar-refractivity contribution in [1.82, 2.24) is 30.2 Å². The maximum atomic E-state index is 12.4. The van der Waals surface area contributed by atoms with Crippen molar-refractivity contribution in [2.75, 3.05) is 13.1 Å². The number of carbonyl (C=O) groups is 1. The fourth-order valence-corrected chi connectivity index (χ4v) is 3.39. The van der Waals surface area contributed by atoms with Crippen molar-refractivity contribution in [3.05, 3.63) is 47.9 Å². The molecule has 3 aromatic rings. The lowest BCUT2D eigenvalue weighted by Gasteiger charge is -2.31. The van der Waals surface area contributed by atoms with Gasteiger partial charge in [-0.25, -0.2) is 4.98 Å². The van der Waals surface area contributed by atoms with Crippen LogP contribution in [-0.4, -0.2) is 49.2 Å². The number of rotatable bonds is 4. The second kappa shape index (κ2) is 7.07. The van der Waals surface area contributed by atoms with E-state index >= 15 is 0 Å². The first-order valence-corrected chi connectivity index (χ1v) is 8.74. The predicted molar refractivity (Wildman–Crippen MR) is 93.2 cm³/mol. The zero-order valence-corrected chi connectivity index (χ0v) is 14.6. The Morgan fingerprint density at radius 3 is 3.08 bits per heavy atom. The average molecular weight is 352 g/mol. The van der Waals surface area contributed by atoms with E-state index in [-0.39, 0.29) is 11.7 Å². The van der Waals surface area contributed by atoms with Gasteiger partial charge >= 0.3 is 0 Å². The van der Waals surface area contributed by atoms with Crippen molar-refractivity contribution >= 4 is 5.91 Å². The van der Waals surface area contributed by atoms with E-state index in [0.717, 1.165) is 30.5 Å². The molecule has 8 heteroatoms. The Hall–Kier alpha value is -3.03. The monoisotopic (exact) mass is 352 g/mol. The van der Waals surface area contributed by atoms with Crippen molar-refractivity contribution in [3.63, 3.8) is 0 Å². The van der Waals surface area contributed by atoms with Crippen LogP contribution >= 0.6 is 0 Å².